The molecule has 0 saturated heterocycles. The standard InChI is InChI=1S/C31H24N2O2/c34-31(35)19-26-21-32(20-22-6-2-1-3-7-22)30-15-12-25(18-28(26)30)23-10-13-27(14-11-23)33-17-16-24-8-4-5-9-29(24)33/h1-18,21H,19-20H2,(H,34,35). The van der Waals surface area contributed by atoms with Gasteiger partial charge in [0.05, 0.1) is 11.9 Å². The molecular weight excluding hydrogens is 432 g/mol. The summed E-state index contributed by atoms with van der Waals surface area (Å²) in [4.78, 5) is 11.6. The number of carboxylic acids is 1. The Morgan fingerprint density at radius 1 is 0.743 bits per heavy atom. The van der Waals surface area contributed by atoms with Gasteiger partial charge in [0.2, 0.25) is 0 Å². The quantitative estimate of drug-likeness (QED) is 0.295. The predicted octanol–water partition coefficient (Wildman–Crippen LogP) is 6.93. The fourth-order valence-electron chi connectivity index (χ4n) is 4.89. The molecule has 6 aromatic rings. The molecule has 4 nitrogen and oxygen atoms in total. The second-order valence-corrected chi connectivity index (χ2v) is 8.86. The number of carboxylic acid groups (broad SMARTS) is 1. The van der Waals surface area contributed by atoms with Crippen molar-refractivity contribution in [2.45, 2.75) is 13.0 Å². The summed E-state index contributed by atoms with van der Waals surface area (Å²) in [6.45, 7) is 0.704. The number of aromatic nitrogens is 2. The van der Waals surface area contributed by atoms with Crippen LogP contribution in [-0.2, 0) is 17.8 Å². The lowest BCUT2D eigenvalue weighted by atomic mass is 10.0. The molecule has 4 heteroatoms. The van der Waals surface area contributed by atoms with Crippen molar-refractivity contribution in [1.29, 1.82) is 0 Å². The van der Waals surface area contributed by atoms with Gasteiger partial charge in [0.1, 0.15) is 0 Å². The van der Waals surface area contributed by atoms with Gasteiger partial charge in [0, 0.05) is 35.5 Å². The number of fused-ring (bicyclic) bond motifs is 2. The topological polar surface area (TPSA) is 47.2 Å². The summed E-state index contributed by atoms with van der Waals surface area (Å²) in [5.74, 6) is -0.822. The maximum Gasteiger partial charge on any atom is 0.307 e. The van der Waals surface area contributed by atoms with E-state index in [2.05, 4.69) is 100 Å². The third-order valence-corrected chi connectivity index (χ3v) is 6.58. The van der Waals surface area contributed by atoms with E-state index in [1.165, 1.54) is 16.5 Å². The molecule has 0 saturated carbocycles. The second-order valence-electron chi connectivity index (χ2n) is 8.86. The Morgan fingerprint density at radius 2 is 1.49 bits per heavy atom. The first kappa shape index (κ1) is 21.0. The molecule has 0 aliphatic rings. The molecular formula is C31H24N2O2. The van der Waals surface area contributed by atoms with Gasteiger partial charge in [-0.2, -0.15) is 0 Å². The van der Waals surface area contributed by atoms with Crippen LogP contribution in [0.5, 0.6) is 0 Å². The van der Waals surface area contributed by atoms with Gasteiger partial charge >= 0.3 is 5.97 Å². The van der Waals surface area contributed by atoms with Gasteiger partial charge < -0.3 is 14.2 Å². The van der Waals surface area contributed by atoms with Crippen LogP contribution in [0, 0.1) is 0 Å². The summed E-state index contributed by atoms with van der Waals surface area (Å²) in [5, 5.41) is 11.7. The Morgan fingerprint density at radius 3 is 2.29 bits per heavy atom. The van der Waals surface area contributed by atoms with Gasteiger partial charge in [-0.15, -0.1) is 0 Å². The van der Waals surface area contributed by atoms with Crippen molar-refractivity contribution in [3.63, 3.8) is 0 Å². The monoisotopic (exact) mass is 456 g/mol. The SMILES string of the molecule is O=C(O)Cc1cn(Cc2ccccc2)c2ccc(-c3ccc(-n4ccc5ccccc54)cc3)cc12. The summed E-state index contributed by atoms with van der Waals surface area (Å²) in [6, 6.07) is 35.6. The molecule has 0 radical (unpaired) electrons. The molecule has 0 amide bonds. The van der Waals surface area contributed by atoms with Crippen LogP contribution in [0.1, 0.15) is 11.1 Å². The van der Waals surface area contributed by atoms with E-state index in [4.69, 9.17) is 0 Å². The van der Waals surface area contributed by atoms with E-state index in [0.29, 0.717) is 6.54 Å². The van der Waals surface area contributed by atoms with Crippen LogP contribution in [0.3, 0.4) is 0 Å². The first-order chi connectivity index (χ1) is 17.2. The number of nitrogens with zero attached hydrogens (tertiary/aromatic N) is 2. The predicted molar refractivity (Wildman–Crippen MR) is 141 cm³/mol. The second kappa shape index (κ2) is 8.65. The third-order valence-electron chi connectivity index (χ3n) is 6.58. The molecule has 170 valence electrons. The molecule has 0 atom stereocenters. The summed E-state index contributed by atoms with van der Waals surface area (Å²) >= 11 is 0. The highest BCUT2D eigenvalue weighted by atomic mass is 16.4. The minimum absolute atomic E-state index is 0.00137. The lowest BCUT2D eigenvalue weighted by Crippen LogP contribution is -2.00. The maximum atomic E-state index is 11.6. The Labute approximate surface area is 203 Å². The summed E-state index contributed by atoms with van der Waals surface area (Å²) in [7, 11) is 0. The molecule has 1 N–H and O–H groups in total. The zero-order chi connectivity index (χ0) is 23.8. The van der Waals surface area contributed by atoms with Gasteiger partial charge in [-0.05, 0) is 64.0 Å². The number of carbonyl (C=O) groups is 1. The van der Waals surface area contributed by atoms with Crippen molar-refractivity contribution < 1.29 is 9.90 Å². The zero-order valence-electron chi connectivity index (χ0n) is 19.1. The summed E-state index contributed by atoms with van der Waals surface area (Å²) in [5.41, 5.74) is 7.53. The van der Waals surface area contributed by atoms with Crippen molar-refractivity contribution in [3.8, 4) is 16.8 Å². The van der Waals surface area contributed by atoms with Crippen molar-refractivity contribution in [2.75, 3.05) is 0 Å². The largest absolute Gasteiger partial charge is 0.481 e. The number of benzene rings is 4. The Hall–Kier alpha value is -4.57. The van der Waals surface area contributed by atoms with Gasteiger partial charge in [-0.3, -0.25) is 4.79 Å². The third kappa shape index (κ3) is 4.00. The number of aliphatic carboxylic acids is 1. The van der Waals surface area contributed by atoms with E-state index in [-0.39, 0.29) is 6.42 Å². The smallest absolute Gasteiger partial charge is 0.307 e. The molecule has 4 aromatic carbocycles. The first-order valence-electron chi connectivity index (χ1n) is 11.7. The fourth-order valence-corrected chi connectivity index (χ4v) is 4.89. The minimum atomic E-state index is -0.822. The maximum absolute atomic E-state index is 11.6. The number of rotatable bonds is 6. The lowest BCUT2D eigenvalue weighted by Gasteiger charge is -2.09. The average molecular weight is 457 g/mol. The van der Waals surface area contributed by atoms with E-state index in [1.807, 2.05) is 24.4 Å². The Bertz CT molecular complexity index is 1660. The van der Waals surface area contributed by atoms with E-state index >= 15 is 0 Å². The van der Waals surface area contributed by atoms with E-state index in [9.17, 15) is 9.90 Å². The molecule has 35 heavy (non-hydrogen) atoms. The highest BCUT2D eigenvalue weighted by Gasteiger charge is 2.13. The molecule has 0 aliphatic carbocycles. The summed E-state index contributed by atoms with van der Waals surface area (Å²) in [6.07, 6.45) is 4.08. The molecule has 0 aliphatic heterocycles. The first-order valence-corrected chi connectivity index (χ1v) is 11.7. The fraction of sp³-hybridized carbons (Fsp3) is 0.0645. The van der Waals surface area contributed by atoms with Crippen LogP contribution < -0.4 is 0 Å². The van der Waals surface area contributed by atoms with Gasteiger partial charge in [-0.25, -0.2) is 0 Å². The lowest BCUT2D eigenvalue weighted by molar-refractivity contribution is -0.136. The van der Waals surface area contributed by atoms with Crippen molar-refractivity contribution in [2.24, 2.45) is 0 Å². The molecule has 2 aromatic heterocycles. The number of hydrogen-bond donors (Lipinski definition) is 1. The molecule has 0 spiro atoms. The minimum Gasteiger partial charge on any atom is -0.481 e. The highest BCUT2D eigenvalue weighted by molar-refractivity contribution is 5.91. The van der Waals surface area contributed by atoms with E-state index < -0.39 is 5.97 Å². The van der Waals surface area contributed by atoms with Gasteiger partial charge in [0.25, 0.3) is 0 Å². The number of para-hydroxylation sites is 1. The average Bonchev–Trinajstić information content (AvgIpc) is 3.46. The van der Waals surface area contributed by atoms with E-state index in [0.717, 1.165) is 33.3 Å². The van der Waals surface area contributed by atoms with Crippen molar-refractivity contribution >= 4 is 27.8 Å². The van der Waals surface area contributed by atoms with Crippen LogP contribution in [0.25, 0.3) is 38.6 Å². The Balaban J connectivity index is 1.37. The molecule has 0 fully saturated rings. The van der Waals surface area contributed by atoms with E-state index in [1.54, 1.807) is 0 Å². The van der Waals surface area contributed by atoms with Gasteiger partial charge in [-0.1, -0.05) is 66.7 Å². The van der Waals surface area contributed by atoms with Crippen LogP contribution in [0.2, 0.25) is 0 Å². The summed E-state index contributed by atoms with van der Waals surface area (Å²) < 4.78 is 4.34. The van der Waals surface area contributed by atoms with Crippen molar-refractivity contribution in [3.05, 3.63) is 127 Å². The van der Waals surface area contributed by atoms with Crippen LogP contribution in [0.4, 0.5) is 0 Å². The molecule has 2 heterocycles. The molecule has 6 rings (SSSR count). The Kier molecular flexibility index (Phi) is 5.19. The number of hydrogen-bond acceptors (Lipinski definition) is 1. The zero-order valence-corrected chi connectivity index (χ0v) is 19.1. The highest BCUT2D eigenvalue weighted by Crippen LogP contribution is 2.30. The van der Waals surface area contributed by atoms with Crippen LogP contribution in [0.15, 0.2) is 116 Å². The van der Waals surface area contributed by atoms with Crippen LogP contribution in [-0.4, -0.2) is 20.2 Å². The molecule has 0 bridgehead atoms. The normalized spacial score (nSPS) is 11.3. The molecule has 0 unspecified atom stereocenters. The van der Waals surface area contributed by atoms with Gasteiger partial charge in [0.15, 0.2) is 0 Å². The van der Waals surface area contributed by atoms with Crippen molar-refractivity contribution in [1.82, 2.24) is 9.13 Å². The van der Waals surface area contributed by atoms with Crippen LogP contribution >= 0.6 is 0 Å².